The second-order valence-electron chi connectivity index (χ2n) is 9.72. The summed E-state index contributed by atoms with van der Waals surface area (Å²) in [5, 5.41) is 15.9. The number of para-hydroxylation sites is 1. The smallest absolute Gasteiger partial charge is 0.243 e. The van der Waals surface area contributed by atoms with Gasteiger partial charge in [0.1, 0.15) is 29.0 Å². The minimum Gasteiger partial charge on any atom is -0.372 e. The number of nitrogens with one attached hydrogen (secondary N) is 2. The third kappa shape index (κ3) is 5.59. The molecule has 0 radical (unpaired) electrons. The molecule has 8 heteroatoms. The van der Waals surface area contributed by atoms with Gasteiger partial charge in [0, 0.05) is 11.5 Å². The molecule has 35 heavy (non-hydrogen) atoms. The van der Waals surface area contributed by atoms with Crippen molar-refractivity contribution in [3.05, 3.63) is 89.7 Å². The Hall–Kier alpha value is -3.94. The summed E-state index contributed by atoms with van der Waals surface area (Å²) in [5.41, 5.74) is 3.32. The molecule has 1 atom stereocenters. The molecule has 2 heterocycles. The maximum absolute atomic E-state index is 13.3. The number of amides is 1. The van der Waals surface area contributed by atoms with Gasteiger partial charge in [-0.3, -0.25) is 9.48 Å². The fraction of sp³-hybridized carbons (Fsp3) is 0.296. The maximum Gasteiger partial charge on any atom is 0.243 e. The summed E-state index contributed by atoms with van der Waals surface area (Å²) in [7, 11) is 0. The van der Waals surface area contributed by atoms with E-state index in [1.807, 2.05) is 49.7 Å². The van der Waals surface area contributed by atoms with E-state index in [0.29, 0.717) is 29.4 Å². The molecule has 4 rings (SSSR count). The first-order valence-electron chi connectivity index (χ1n) is 11.5. The van der Waals surface area contributed by atoms with Gasteiger partial charge in [0.2, 0.25) is 5.91 Å². The summed E-state index contributed by atoms with van der Waals surface area (Å²) in [5.74, 6) is 0.244. The largest absolute Gasteiger partial charge is 0.372 e. The van der Waals surface area contributed by atoms with Gasteiger partial charge in [-0.25, -0.2) is 4.39 Å². The minimum absolute atomic E-state index is 0.172. The lowest BCUT2D eigenvalue weighted by molar-refractivity contribution is -0.125. The van der Waals surface area contributed by atoms with E-state index in [4.69, 9.17) is 9.62 Å². The molecule has 1 amide bonds. The summed E-state index contributed by atoms with van der Waals surface area (Å²) >= 11 is 0. The van der Waals surface area contributed by atoms with Crippen LogP contribution >= 0.6 is 0 Å². The molecule has 7 nitrogen and oxygen atoms in total. The van der Waals surface area contributed by atoms with Crippen LogP contribution in [0.2, 0.25) is 0 Å². The van der Waals surface area contributed by atoms with Crippen LogP contribution in [-0.2, 0) is 17.9 Å². The Morgan fingerprint density at radius 2 is 1.89 bits per heavy atom. The SMILES string of the molecule is C=C(NC(C(=O)NCc1cc(C)on1)C(C)(C)C)c1nn(Cc2ccc(F)cc2)c2ccccc12. The first kappa shape index (κ1) is 24.2. The average molecular weight is 476 g/mol. The Balaban J connectivity index is 1.56. The standard InChI is InChI=1S/C27H30FN5O2/c1-17-14-21(32-35-17)15-29-26(34)25(27(3,4)5)30-18(2)24-22-8-6-7-9-23(22)33(31-24)16-19-10-12-20(28)13-11-19/h6-14,25,30H,2,15-16H2,1,3-5H3,(H,29,34). The number of halogens is 1. The van der Waals surface area contributed by atoms with Gasteiger partial charge in [0.25, 0.3) is 0 Å². The van der Waals surface area contributed by atoms with Crippen LogP contribution in [0.15, 0.2) is 65.7 Å². The zero-order valence-corrected chi connectivity index (χ0v) is 20.4. The van der Waals surface area contributed by atoms with Gasteiger partial charge in [-0.1, -0.05) is 62.8 Å². The number of aromatic nitrogens is 3. The van der Waals surface area contributed by atoms with Crippen LogP contribution < -0.4 is 10.6 Å². The highest BCUT2D eigenvalue weighted by Crippen LogP contribution is 2.27. The first-order valence-corrected chi connectivity index (χ1v) is 11.5. The maximum atomic E-state index is 13.3. The Labute approximate surface area is 204 Å². The van der Waals surface area contributed by atoms with Crippen molar-refractivity contribution in [2.75, 3.05) is 0 Å². The predicted molar refractivity (Wildman–Crippen MR) is 134 cm³/mol. The second-order valence-corrected chi connectivity index (χ2v) is 9.72. The number of benzene rings is 2. The van der Waals surface area contributed by atoms with Gasteiger partial charge in [0.15, 0.2) is 0 Å². The Kier molecular flexibility index (Phi) is 6.73. The molecule has 0 fully saturated rings. The van der Waals surface area contributed by atoms with Crippen LogP contribution in [0.1, 0.15) is 43.5 Å². The van der Waals surface area contributed by atoms with Crippen molar-refractivity contribution in [3.8, 4) is 0 Å². The second kappa shape index (κ2) is 9.74. The van der Waals surface area contributed by atoms with E-state index in [-0.39, 0.29) is 18.3 Å². The number of carbonyl (C=O) groups excluding carboxylic acids is 1. The molecule has 182 valence electrons. The topological polar surface area (TPSA) is 85.0 Å². The summed E-state index contributed by atoms with van der Waals surface area (Å²) in [6.45, 7) is 12.7. The molecule has 2 aromatic carbocycles. The number of aryl methyl sites for hydroxylation is 1. The van der Waals surface area contributed by atoms with Crippen LogP contribution in [-0.4, -0.2) is 26.9 Å². The van der Waals surface area contributed by atoms with Crippen molar-refractivity contribution < 1.29 is 13.7 Å². The predicted octanol–water partition coefficient (Wildman–Crippen LogP) is 4.81. The Morgan fingerprint density at radius 3 is 2.54 bits per heavy atom. The van der Waals surface area contributed by atoms with E-state index in [2.05, 4.69) is 22.4 Å². The zero-order valence-electron chi connectivity index (χ0n) is 20.4. The molecular formula is C27H30FN5O2. The van der Waals surface area contributed by atoms with E-state index in [1.165, 1.54) is 12.1 Å². The number of carbonyl (C=O) groups is 1. The number of hydrogen-bond acceptors (Lipinski definition) is 5. The van der Waals surface area contributed by atoms with Crippen molar-refractivity contribution in [3.63, 3.8) is 0 Å². The Bertz CT molecular complexity index is 1350. The van der Waals surface area contributed by atoms with E-state index in [9.17, 15) is 9.18 Å². The average Bonchev–Trinajstić information content (AvgIpc) is 3.40. The molecule has 0 saturated carbocycles. The summed E-state index contributed by atoms with van der Waals surface area (Å²) in [6.07, 6.45) is 0. The van der Waals surface area contributed by atoms with E-state index < -0.39 is 11.5 Å². The summed E-state index contributed by atoms with van der Waals surface area (Å²) in [6, 6.07) is 15.4. The quantitative estimate of drug-likeness (QED) is 0.382. The van der Waals surface area contributed by atoms with Crippen LogP contribution in [0.25, 0.3) is 16.6 Å². The molecule has 0 bridgehead atoms. The normalized spacial score (nSPS) is 12.5. The highest BCUT2D eigenvalue weighted by molar-refractivity contribution is 5.91. The van der Waals surface area contributed by atoms with Gasteiger partial charge in [-0.2, -0.15) is 5.10 Å². The zero-order chi connectivity index (χ0) is 25.2. The van der Waals surface area contributed by atoms with Crippen LogP contribution in [0.3, 0.4) is 0 Å². The molecule has 2 aromatic heterocycles. The van der Waals surface area contributed by atoms with Crippen molar-refractivity contribution in [1.82, 2.24) is 25.6 Å². The lowest BCUT2D eigenvalue weighted by atomic mass is 9.85. The van der Waals surface area contributed by atoms with Gasteiger partial charge in [-0.15, -0.1) is 0 Å². The lowest BCUT2D eigenvalue weighted by Gasteiger charge is -2.31. The molecule has 0 saturated heterocycles. The van der Waals surface area contributed by atoms with Crippen LogP contribution in [0.5, 0.6) is 0 Å². The molecule has 4 aromatic rings. The fourth-order valence-electron chi connectivity index (χ4n) is 3.93. The third-order valence-corrected chi connectivity index (χ3v) is 5.76. The van der Waals surface area contributed by atoms with Crippen molar-refractivity contribution in [2.45, 2.75) is 46.8 Å². The summed E-state index contributed by atoms with van der Waals surface area (Å²) in [4.78, 5) is 13.1. The summed E-state index contributed by atoms with van der Waals surface area (Å²) < 4.78 is 20.3. The van der Waals surface area contributed by atoms with Gasteiger partial charge < -0.3 is 15.2 Å². The van der Waals surface area contributed by atoms with E-state index in [1.54, 1.807) is 25.1 Å². The molecule has 0 aliphatic rings. The van der Waals surface area contributed by atoms with Crippen molar-refractivity contribution in [1.29, 1.82) is 0 Å². The minimum atomic E-state index is -0.566. The fourth-order valence-corrected chi connectivity index (χ4v) is 3.93. The van der Waals surface area contributed by atoms with Crippen LogP contribution in [0.4, 0.5) is 4.39 Å². The number of fused-ring (bicyclic) bond motifs is 1. The third-order valence-electron chi connectivity index (χ3n) is 5.76. The number of rotatable bonds is 8. The molecule has 0 aliphatic carbocycles. The lowest BCUT2D eigenvalue weighted by Crippen LogP contribution is -2.50. The molecular weight excluding hydrogens is 445 g/mol. The van der Waals surface area contributed by atoms with E-state index >= 15 is 0 Å². The molecule has 2 N–H and O–H groups in total. The monoisotopic (exact) mass is 475 g/mol. The number of nitrogens with zero attached hydrogens (tertiary/aromatic N) is 3. The van der Waals surface area contributed by atoms with E-state index in [0.717, 1.165) is 16.5 Å². The van der Waals surface area contributed by atoms with Gasteiger partial charge in [-0.05, 0) is 36.1 Å². The molecule has 0 aliphatic heterocycles. The van der Waals surface area contributed by atoms with Crippen LogP contribution in [0, 0.1) is 18.2 Å². The van der Waals surface area contributed by atoms with Crippen molar-refractivity contribution >= 4 is 22.5 Å². The Morgan fingerprint density at radius 1 is 1.17 bits per heavy atom. The molecule has 1 unspecified atom stereocenters. The molecule has 0 spiro atoms. The highest BCUT2D eigenvalue weighted by atomic mass is 19.1. The first-order chi connectivity index (χ1) is 16.6. The highest BCUT2D eigenvalue weighted by Gasteiger charge is 2.32. The number of hydrogen-bond donors (Lipinski definition) is 2. The van der Waals surface area contributed by atoms with Crippen molar-refractivity contribution in [2.24, 2.45) is 5.41 Å². The van der Waals surface area contributed by atoms with Gasteiger partial charge in [0.05, 0.1) is 24.3 Å². The van der Waals surface area contributed by atoms with Gasteiger partial charge >= 0.3 is 0 Å².